The number of rotatable bonds is 7. The van der Waals surface area contributed by atoms with Gasteiger partial charge in [0, 0.05) is 32.0 Å². The van der Waals surface area contributed by atoms with Crippen LogP contribution in [0.3, 0.4) is 0 Å². The molecular weight excluding hydrogens is 425 g/mol. The van der Waals surface area contributed by atoms with Crippen LogP contribution in [-0.4, -0.2) is 16.6 Å². The molecule has 0 aliphatic heterocycles. The van der Waals surface area contributed by atoms with E-state index in [1.54, 1.807) is 0 Å². The van der Waals surface area contributed by atoms with Gasteiger partial charge in [0.15, 0.2) is 0 Å². The standard InChI is InChI=1S/C16H20FN2.Re/c1-2-7-14(10-6-11-17)16-18-12-15(19-16)13-8-4-3-5-9-13;/h4-5,8-9,12,14H,2,6-7,10-11H2,1H3,(H,18,19);/q-1;. The number of hydrogen-bond acceptors (Lipinski definition) is 1. The number of imidazole rings is 1. The number of nitrogens with one attached hydrogen (secondary N) is 1. The monoisotopic (exact) mass is 446 g/mol. The topological polar surface area (TPSA) is 28.7 Å². The van der Waals surface area contributed by atoms with Crippen LogP contribution in [0.1, 0.15) is 44.3 Å². The molecule has 20 heavy (non-hydrogen) atoms. The van der Waals surface area contributed by atoms with Gasteiger partial charge in [-0.2, -0.15) is 30.3 Å². The fraction of sp³-hybridized carbons (Fsp3) is 0.438. The van der Waals surface area contributed by atoms with Gasteiger partial charge < -0.3 is 4.98 Å². The van der Waals surface area contributed by atoms with Crippen molar-refractivity contribution in [3.8, 4) is 11.3 Å². The normalized spacial score (nSPS) is 11.9. The average Bonchev–Trinajstić information content (AvgIpc) is 2.94. The van der Waals surface area contributed by atoms with E-state index in [1.165, 1.54) is 0 Å². The van der Waals surface area contributed by atoms with E-state index in [0.29, 0.717) is 12.3 Å². The smallest absolute Gasteiger partial charge is 0.109 e. The third-order valence-electron chi connectivity index (χ3n) is 3.33. The largest absolute Gasteiger partial charge is 0.343 e. The molecule has 0 saturated heterocycles. The van der Waals surface area contributed by atoms with E-state index in [2.05, 4.69) is 23.0 Å². The van der Waals surface area contributed by atoms with Gasteiger partial charge in [0.1, 0.15) is 5.82 Å². The predicted octanol–water partition coefficient (Wildman–Crippen LogP) is 4.51. The molecule has 0 aliphatic carbocycles. The summed E-state index contributed by atoms with van der Waals surface area (Å²) in [5.74, 6) is 1.32. The number of H-pyrrole nitrogens is 1. The van der Waals surface area contributed by atoms with Crippen LogP contribution in [0.4, 0.5) is 4.39 Å². The van der Waals surface area contributed by atoms with Crippen molar-refractivity contribution in [3.63, 3.8) is 0 Å². The van der Waals surface area contributed by atoms with E-state index in [-0.39, 0.29) is 27.1 Å². The van der Waals surface area contributed by atoms with Crippen LogP contribution in [0.5, 0.6) is 0 Å². The summed E-state index contributed by atoms with van der Waals surface area (Å²) >= 11 is 0. The summed E-state index contributed by atoms with van der Waals surface area (Å²) in [5.41, 5.74) is 2.13. The summed E-state index contributed by atoms with van der Waals surface area (Å²) < 4.78 is 12.3. The number of aromatic nitrogens is 2. The number of aromatic amines is 1. The first-order valence-corrected chi connectivity index (χ1v) is 6.92. The quantitative estimate of drug-likeness (QED) is 0.625. The van der Waals surface area contributed by atoms with Gasteiger partial charge in [-0.05, 0) is 19.3 Å². The molecule has 1 N–H and O–H groups in total. The van der Waals surface area contributed by atoms with Gasteiger partial charge in [0.2, 0.25) is 0 Å². The average molecular weight is 446 g/mol. The van der Waals surface area contributed by atoms with Gasteiger partial charge in [-0.25, -0.2) is 4.98 Å². The molecule has 0 saturated carbocycles. The predicted molar refractivity (Wildman–Crippen MR) is 75.7 cm³/mol. The minimum Gasteiger partial charge on any atom is -0.343 e. The first kappa shape index (κ1) is 17.1. The van der Waals surface area contributed by atoms with Crippen LogP contribution in [0.15, 0.2) is 30.5 Å². The molecule has 0 bridgehead atoms. The minimum atomic E-state index is -0.248. The molecule has 4 heteroatoms. The summed E-state index contributed by atoms with van der Waals surface area (Å²) in [6, 6.07) is 10.8. The summed E-state index contributed by atoms with van der Waals surface area (Å²) in [7, 11) is 0. The molecule has 1 radical (unpaired) electrons. The summed E-state index contributed by atoms with van der Waals surface area (Å²) in [6.45, 7) is 1.90. The molecule has 1 heterocycles. The van der Waals surface area contributed by atoms with Crippen LogP contribution in [0, 0.1) is 6.07 Å². The number of halogens is 1. The number of hydrogen-bond donors (Lipinski definition) is 1. The Hall–Kier alpha value is -0.978. The molecule has 2 rings (SSSR count). The Morgan fingerprint density at radius 2 is 2.05 bits per heavy atom. The van der Waals surface area contributed by atoms with Crippen molar-refractivity contribution in [1.29, 1.82) is 0 Å². The van der Waals surface area contributed by atoms with Crippen molar-refractivity contribution in [2.24, 2.45) is 0 Å². The van der Waals surface area contributed by atoms with Crippen molar-refractivity contribution in [3.05, 3.63) is 42.4 Å². The van der Waals surface area contributed by atoms with E-state index >= 15 is 0 Å². The van der Waals surface area contributed by atoms with Crippen LogP contribution in [0.25, 0.3) is 11.3 Å². The van der Waals surface area contributed by atoms with Gasteiger partial charge in [-0.1, -0.05) is 13.3 Å². The van der Waals surface area contributed by atoms with Crippen molar-refractivity contribution in [1.82, 2.24) is 9.97 Å². The van der Waals surface area contributed by atoms with Crippen LogP contribution in [-0.2, 0) is 20.4 Å². The van der Waals surface area contributed by atoms with E-state index in [9.17, 15) is 4.39 Å². The van der Waals surface area contributed by atoms with Crippen molar-refractivity contribution in [2.75, 3.05) is 6.67 Å². The molecule has 1 aromatic heterocycles. The van der Waals surface area contributed by atoms with Gasteiger partial charge >= 0.3 is 0 Å². The molecule has 1 unspecified atom stereocenters. The Morgan fingerprint density at radius 1 is 1.30 bits per heavy atom. The third kappa shape index (κ3) is 4.54. The summed E-state index contributed by atoms with van der Waals surface area (Å²) in [6.07, 6.45) is 5.48. The molecule has 1 aromatic carbocycles. The first-order chi connectivity index (χ1) is 9.35. The maximum Gasteiger partial charge on any atom is 0.109 e. The fourth-order valence-electron chi connectivity index (χ4n) is 2.35. The van der Waals surface area contributed by atoms with Crippen LogP contribution < -0.4 is 0 Å². The van der Waals surface area contributed by atoms with Crippen molar-refractivity contribution >= 4 is 0 Å². The molecule has 2 aromatic rings. The molecule has 2 nitrogen and oxygen atoms in total. The van der Waals surface area contributed by atoms with E-state index < -0.39 is 0 Å². The van der Waals surface area contributed by atoms with Crippen LogP contribution >= 0.6 is 0 Å². The third-order valence-corrected chi connectivity index (χ3v) is 3.33. The van der Waals surface area contributed by atoms with E-state index in [1.807, 2.05) is 30.5 Å². The Morgan fingerprint density at radius 3 is 2.70 bits per heavy atom. The maximum atomic E-state index is 12.3. The molecule has 0 spiro atoms. The molecule has 1 atom stereocenters. The van der Waals surface area contributed by atoms with Crippen molar-refractivity contribution < 1.29 is 24.8 Å². The molecule has 0 fully saturated rings. The number of nitrogens with zero attached hydrogens (tertiary/aromatic N) is 1. The Kier molecular flexibility index (Phi) is 7.73. The van der Waals surface area contributed by atoms with Crippen molar-refractivity contribution in [2.45, 2.75) is 38.5 Å². The van der Waals surface area contributed by atoms with Gasteiger partial charge in [-0.15, -0.1) is 5.56 Å². The number of alkyl halides is 1. The molecule has 109 valence electrons. The maximum absolute atomic E-state index is 12.3. The SMILES string of the molecule is CCCC(CCCF)c1ncc(-c2cc[c-]cc2)[nH]1.[Re]. The second-order valence-electron chi connectivity index (χ2n) is 4.79. The van der Waals surface area contributed by atoms with Gasteiger partial charge in [-0.3, -0.25) is 4.39 Å². The fourth-order valence-corrected chi connectivity index (χ4v) is 2.35. The second-order valence-corrected chi connectivity index (χ2v) is 4.79. The van der Waals surface area contributed by atoms with Gasteiger partial charge in [0.25, 0.3) is 0 Å². The Bertz CT molecular complexity index is 484. The van der Waals surface area contributed by atoms with E-state index in [4.69, 9.17) is 0 Å². The zero-order chi connectivity index (χ0) is 13.5. The second kappa shape index (κ2) is 9.05. The summed E-state index contributed by atoms with van der Waals surface area (Å²) in [4.78, 5) is 7.85. The Balaban J connectivity index is 0.00000200. The summed E-state index contributed by atoms with van der Waals surface area (Å²) in [5, 5.41) is 0. The zero-order valence-corrected chi connectivity index (χ0v) is 14.4. The van der Waals surface area contributed by atoms with E-state index in [0.717, 1.165) is 36.3 Å². The van der Waals surface area contributed by atoms with Gasteiger partial charge in [0.05, 0.1) is 12.9 Å². The molecular formula is C16H20FN2Re-. The molecule has 0 aliphatic rings. The zero-order valence-electron chi connectivity index (χ0n) is 11.7. The Labute approximate surface area is 133 Å². The minimum absolute atomic E-state index is 0. The van der Waals surface area contributed by atoms with Crippen LogP contribution in [0.2, 0.25) is 0 Å². The number of benzene rings is 1. The molecule has 0 amide bonds. The first-order valence-electron chi connectivity index (χ1n) is 6.92.